The average Bonchev–Trinajstić information content (AvgIpc) is 3.21. The van der Waals surface area contributed by atoms with Crippen LogP contribution in [0.4, 0.5) is 23.2 Å². The molecule has 1 aliphatic rings. The standard InChI is InChI=1S/C29H31F4N3O8/c1-29(2,3)15-7-4-5-8-18(15)34-27(41)28(42)36-9-6-10-43-21(13-36)26(40)35-19(12-22(38)39)20(37)14-44-25-23(32)16(30)11-17(31)24(25)33/h4-5,7-8,11,19,21H,6,9-10,12-14H2,1-3H3,(H,34,41)(H,35,40)(H,38,39)/t19-,21-/m0/s1. The van der Waals surface area contributed by atoms with Gasteiger partial charge in [0.15, 0.2) is 29.3 Å². The van der Waals surface area contributed by atoms with Crippen LogP contribution in [0.5, 0.6) is 5.75 Å². The van der Waals surface area contributed by atoms with Gasteiger partial charge < -0.3 is 30.1 Å². The van der Waals surface area contributed by atoms with Gasteiger partial charge in [0.1, 0.15) is 12.6 Å². The number of para-hydroxylation sites is 1. The molecule has 0 saturated carbocycles. The van der Waals surface area contributed by atoms with Crippen molar-refractivity contribution < 1.29 is 56.1 Å². The summed E-state index contributed by atoms with van der Waals surface area (Å²) in [5.41, 5.74) is 0.859. The van der Waals surface area contributed by atoms with E-state index in [9.17, 15) is 46.6 Å². The maximum Gasteiger partial charge on any atom is 0.313 e. The molecule has 0 spiro atoms. The molecule has 3 N–H and O–H groups in total. The van der Waals surface area contributed by atoms with E-state index in [0.717, 1.165) is 10.5 Å². The summed E-state index contributed by atoms with van der Waals surface area (Å²) in [6, 6.07) is 5.05. The van der Waals surface area contributed by atoms with Crippen LogP contribution in [0.15, 0.2) is 30.3 Å². The number of amides is 3. The van der Waals surface area contributed by atoms with E-state index in [4.69, 9.17) is 4.74 Å². The van der Waals surface area contributed by atoms with E-state index in [-0.39, 0.29) is 31.1 Å². The Balaban J connectivity index is 1.69. The molecule has 0 unspecified atom stereocenters. The summed E-state index contributed by atoms with van der Waals surface area (Å²) < 4.78 is 64.7. The molecule has 1 fully saturated rings. The minimum atomic E-state index is -1.92. The smallest absolute Gasteiger partial charge is 0.313 e. The first kappa shape index (κ1) is 34.0. The summed E-state index contributed by atoms with van der Waals surface area (Å²) >= 11 is 0. The number of ketones is 1. The molecule has 0 bridgehead atoms. The number of aliphatic carboxylic acids is 1. The van der Waals surface area contributed by atoms with Crippen molar-refractivity contribution in [2.75, 3.05) is 31.6 Å². The maximum atomic E-state index is 13.9. The van der Waals surface area contributed by atoms with E-state index in [1.165, 1.54) is 0 Å². The fraction of sp³-hybridized carbons (Fsp3) is 0.414. The lowest BCUT2D eigenvalue weighted by Crippen LogP contribution is -2.52. The second-order valence-electron chi connectivity index (χ2n) is 10.9. The number of nitrogens with zero attached hydrogens (tertiary/aromatic N) is 1. The number of carboxylic acid groups (broad SMARTS) is 1. The number of halogens is 4. The van der Waals surface area contributed by atoms with Crippen molar-refractivity contribution in [3.8, 4) is 5.75 Å². The number of hydrogen-bond acceptors (Lipinski definition) is 7. The summed E-state index contributed by atoms with van der Waals surface area (Å²) in [7, 11) is 0. The number of anilines is 1. The van der Waals surface area contributed by atoms with Crippen LogP contribution in [0.3, 0.4) is 0 Å². The van der Waals surface area contributed by atoms with Crippen molar-refractivity contribution >= 4 is 35.2 Å². The number of carbonyl (C=O) groups is 5. The van der Waals surface area contributed by atoms with Gasteiger partial charge in [-0.3, -0.25) is 24.0 Å². The topological polar surface area (TPSA) is 151 Å². The number of hydrogen-bond donors (Lipinski definition) is 3. The van der Waals surface area contributed by atoms with Crippen LogP contribution in [0.2, 0.25) is 0 Å². The summed E-state index contributed by atoms with van der Waals surface area (Å²) in [6.45, 7) is 4.12. The average molecular weight is 626 g/mol. The molecule has 11 nitrogen and oxygen atoms in total. The second-order valence-corrected chi connectivity index (χ2v) is 10.9. The van der Waals surface area contributed by atoms with E-state index in [1.54, 1.807) is 18.2 Å². The molecule has 2 aromatic rings. The largest absolute Gasteiger partial charge is 0.481 e. The number of Topliss-reactive ketones (excluding diaryl/α,β-unsaturated/α-hetero) is 1. The predicted molar refractivity (Wildman–Crippen MR) is 146 cm³/mol. The van der Waals surface area contributed by atoms with Gasteiger partial charge in [-0.25, -0.2) is 8.78 Å². The molecule has 15 heteroatoms. The number of carboxylic acids is 1. The van der Waals surface area contributed by atoms with Crippen LogP contribution < -0.4 is 15.4 Å². The summed E-state index contributed by atoms with van der Waals surface area (Å²) in [6.07, 6.45) is -2.19. The van der Waals surface area contributed by atoms with Gasteiger partial charge in [0, 0.05) is 24.9 Å². The van der Waals surface area contributed by atoms with Gasteiger partial charge in [-0.1, -0.05) is 39.0 Å². The van der Waals surface area contributed by atoms with Crippen LogP contribution in [0.1, 0.15) is 39.2 Å². The monoisotopic (exact) mass is 625 g/mol. The quantitative estimate of drug-likeness (QED) is 0.219. The van der Waals surface area contributed by atoms with E-state index in [0.29, 0.717) is 5.69 Å². The first-order valence-corrected chi connectivity index (χ1v) is 13.4. The molecule has 0 aliphatic carbocycles. The highest BCUT2D eigenvalue weighted by Crippen LogP contribution is 2.29. The van der Waals surface area contributed by atoms with Crippen LogP contribution >= 0.6 is 0 Å². The van der Waals surface area contributed by atoms with Crippen molar-refractivity contribution in [2.24, 2.45) is 0 Å². The molecule has 238 valence electrons. The SMILES string of the molecule is CC(C)(C)c1ccccc1NC(=O)C(=O)N1CCCO[C@H](C(=O)N[C@@H](CC(=O)O)C(=O)COc2c(F)c(F)cc(F)c2F)C1. The molecule has 44 heavy (non-hydrogen) atoms. The van der Waals surface area contributed by atoms with Gasteiger partial charge >= 0.3 is 17.8 Å². The molecule has 3 amide bonds. The molecule has 2 atom stereocenters. The summed E-state index contributed by atoms with van der Waals surface area (Å²) in [4.78, 5) is 64.1. The third kappa shape index (κ3) is 8.52. The van der Waals surface area contributed by atoms with Gasteiger partial charge in [0.25, 0.3) is 5.91 Å². The van der Waals surface area contributed by atoms with Crippen molar-refractivity contribution in [3.63, 3.8) is 0 Å². The lowest BCUT2D eigenvalue weighted by Gasteiger charge is -2.26. The first-order chi connectivity index (χ1) is 20.6. The number of carbonyl (C=O) groups excluding carboxylic acids is 4. The zero-order valence-corrected chi connectivity index (χ0v) is 24.0. The van der Waals surface area contributed by atoms with Crippen LogP contribution in [0, 0.1) is 23.3 Å². The molecular weight excluding hydrogens is 594 g/mol. The van der Waals surface area contributed by atoms with Crippen molar-refractivity contribution in [2.45, 2.75) is 51.2 Å². The van der Waals surface area contributed by atoms with E-state index < -0.39 is 90.2 Å². The minimum Gasteiger partial charge on any atom is -0.481 e. The van der Waals surface area contributed by atoms with Crippen molar-refractivity contribution in [1.29, 1.82) is 0 Å². The Labute approximate surface area is 249 Å². The van der Waals surface area contributed by atoms with Gasteiger partial charge in [0.2, 0.25) is 11.6 Å². The Hall–Kier alpha value is -4.53. The van der Waals surface area contributed by atoms with Gasteiger partial charge in [-0.15, -0.1) is 0 Å². The van der Waals surface area contributed by atoms with E-state index in [1.807, 2.05) is 26.8 Å². The fourth-order valence-electron chi connectivity index (χ4n) is 4.34. The van der Waals surface area contributed by atoms with E-state index in [2.05, 4.69) is 15.4 Å². The van der Waals surface area contributed by atoms with Crippen LogP contribution in [-0.4, -0.2) is 77.9 Å². The number of ether oxygens (including phenoxy) is 2. The highest BCUT2D eigenvalue weighted by Gasteiger charge is 2.34. The van der Waals surface area contributed by atoms with Gasteiger partial charge in [0.05, 0.1) is 13.0 Å². The minimum absolute atomic E-state index is 0.0271. The number of nitrogens with one attached hydrogen (secondary N) is 2. The van der Waals surface area contributed by atoms with Crippen LogP contribution in [-0.2, 0) is 34.1 Å². The molecule has 2 aromatic carbocycles. The normalized spacial score (nSPS) is 16.0. The molecule has 1 saturated heterocycles. The summed E-state index contributed by atoms with van der Waals surface area (Å²) in [5, 5.41) is 14.0. The van der Waals surface area contributed by atoms with Crippen LogP contribution in [0.25, 0.3) is 0 Å². The third-order valence-corrected chi connectivity index (χ3v) is 6.55. The molecule has 3 rings (SSSR count). The molecular formula is C29H31F4N3O8. The Morgan fingerprint density at radius 2 is 1.70 bits per heavy atom. The van der Waals surface area contributed by atoms with Gasteiger partial charge in [-0.2, -0.15) is 8.78 Å². The second kappa shape index (κ2) is 14.3. The Kier molecular flexibility index (Phi) is 11.0. The van der Waals surface area contributed by atoms with Gasteiger partial charge in [-0.05, 0) is 23.5 Å². The summed E-state index contributed by atoms with van der Waals surface area (Å²) in [5.74, 6) is -14.7. The first-order valence-electron chi connectivity index (χ1n) is 13.4. The lowest BCUT2D eigenvalue weighted by molar-refractivity contribution is -0.145. The zero-order valence-electron chi connectivity index (χ0n) is 24.0. The highest BCUT2D eigenvalue weighted by atomic mass is 19.2. The fourth-order valence-corrected chi connectivity index (χ4v) is 4.34. The number of rotatable bonds is 9. The highest BCUT2D eigenvalue weighted by molar-refractivity contribution is 6.39. The Morgan fingerprint density at radius 3 is 2.32 bits per heavy atom. The Bertz CT molecular complexity index is 1420. The van der Waals surface area contributed by atoms with Crippen molar-refractivity contribution in [3.05, 3.63) is 59.2 Å². The molecule has 0 radical (unpaired) electrons. The molecule has 1 aliphatic heterocycles. The maximum absolute atomic E-state index is 13.9. The zero-order chi connectivity index (χ0) is 32.8. The lowest BCUT2D eigenvalue weighted by atomic mass is 9.86. The predicted octanol–water partition coefficient (Wildman–Crippen LogP) is 2.70. The number of benzene rings is 2. The molecule has 1 heterocycles. The Morgan fingerprint density at radius 1 is 1.07 bits per heavy atom. The molecule has 0 aromatic heterocycles. The third-order valence-electron chi connectivity index (χ3n) is 6.55. The van der Waals surface area contributed by atoms with Crippen molar-refractivity contribution in [1.82, 2.24) is 10.2 Å². The van der Waals surface area contributed by atoms with E-state index >= 15 is 0 Å².